The van der Waals surface area contributed by atoms with Gasteiger partial charge < -0.3 is 24.5 Å². The summed E-state index contributed by atoms with van der Waals surface area (Å²) in [5.74, 6) is 0.809. The highest BCUT2D eigenvalue weighted by atomic mass is 16.7. The highest BCUT2D eigenvalue weighted by Crippen LogP contribution is 2.34. The lowest BCUT2D eigenvalue weighted by atomic mass is 10.2. The van der Waals surface area contributed by atoms with E-state index in [1.807, 2.05) is 38.1 Å². The lowest BCUT2D eigenvalue weighted by Crippen LogP contribution is -2.06. The number of methoxy groups -OCH3 is 1. The highest BCUT2D eigenvalue weighted by molar-refractivity contribution is 6.16. The molecule has 28 heavy (non-hydrogen) atoms. The van der Waals surface area contributed by atoms with Crippen molar-refractivity contribution in [3.8, 4) is 5.75 Å². The molecule has 3 aromatic rings. The maximum Gasteiger partial charge on any atom is 0.511 e. The second-order valence-electron chi connectivity index (χ2n) is 6.53. The number of ether oxygens (including phenoxy) is 2. The summed E-state index contributed by atoms with van der Waals surface area (Å²) in [4.78, 5) is 22.4. The molecule has 142 valence electrons. The molecular weight excluding hydrogens is 358 g/mol. The molecule has 4 rings (SSSR count). The van der Waals surface area contributed by atoms with Crippen LogP contribution in [0.25, 0.3) is 17.0 Å². The minimum atomic E-state index is -1.38. The van der Waals surface area contributed by atoms with Crippen LogP contribution < -0.4 is 4.74 Å². The SMILES string of the molecule is COC1=CC(c2[nH]c3ccccc3c2OC(=O)O)=NC1=Cc1[nH]c(C)cc1C. The fraction of sp³-hybridized carbons (Fsp3) is 0.143. The second kappa shape index (κ2) is 6.77. The molecule has 7 heteroatoms. The highest BCUT2D eigenvalue weighted by Gasteiger charge is 2.24. The monoisotopic (exact) mass is 377 g/mol. The number of rotatable bonds is 4. The summed E-state index contributed by atoms with van der Waals surface area (Å²) in [6.07, 6.45) is 2.29. The van der Waals surface area contributed by atoms with Crippen molar-refractivity contribution in [2.75, 3.05) is 7.11 Å². The maximum atomic E-state index is 11.2. The number of aryl methyl sites for hydroxylation is 2. The third-order valence-electron chi connectivity index (χ3n) is 4.56. The van der Waals surface area contributed by atoms with Crippen LogP contribution in [0.1, 0.15) is 22.6 Å². The molecule has 0 saturated heterocycles. The van der Waals surface area contributed by atoms with E-state index in [4.69, 9.17) is 14.6 Å². The molecule has 3 heterocycles. The third kappa shape index (κ3) is 3.07. The van der Waals surface area contributed by atoms with Crippen LogP contribution in [0.15, 0.2) is 52.9 Å². The molecule has 1 aliphatic rings. The van der Waals surface area contributed by atoms with Crippen molar-refractivity contribution in [2.24, 2.45) is 4.99 Å². The number of H-pyrrole nitrogens is 2. The number of aromatic nitrogens is 2. The number of nitrogens with zero attached hydrogens (tertiary/aromatic N) is 1. The molecule has 0 bridgehead atoms. The number of allylic oxidation sites excluding steroid dienone is 1. The average molecular weight is 377 g/mol. The number of nitrogens with one attached hydrogen (secondary N) is 2. The van der Waals surface area contributed by atoms with E-state index >= 15 is 0 Å². The minimum Gasteiger partial charge on any atom is -0.494 e. The summed E-state index contributed by atoms with van der Waals surface area (Å²) in [5, 5.41) is 9.83. The number of hydrogen-bond acceptors (Lipinski definition) is 4. The van der Waals surface area contributed by atoms with Crippen molar-refractivity contribution >= 4 is 28.8 Å². The average Bonchev–Trinajstić information content (AvgIpc) is 3.31. The molecule has 3 N–H and O–H groups in total. The minimum absolute atomic E-state index is 0.224. The molecular formula is C21H19N3O4. The Bertz CT molecular complexity index is 1180. The molecule has 1 aromatic carbocycles. The number of hydrogen-bond donors (Lipinski definition) is 3. The lowest BCUT2D eigenvalue weighted by Gasteiger charge is -2.01. The summed E-state index contributed by atoms with van der Waals surface area (Å²) in [6.45, 7) is 4.01. The summed E-state index contributed by atoms with van der Waals surface area (Å²) in [7, 11) is 1.57. The molecule has 0 atom stereocenters. The van der Waals surface area contributed by atoms with Gasteiger partial charge in [-0.1, -0.05) is 12.1 Å². The van der Waals surface area contributed by atoms with Crippen LogP contribution in [0.2, 0.25) is 0 Å². The summed E-state index contributed by atoms with van der Waals surface area (Å²) >= 11 is 0. The Morgan fingerprint density at radius 1 is 1.21 bits per heavy atom. The van der Waals surface area contributed by atoms with Crippen molar-refractivity contribution in [1.29, 1.82) is 0 Å². The largest absolute Gasteiger partial charge is 0.511 e. The quantitative estimate of drug-likeness (QED) is 0.581. The zero-order valence-corrected chi connectivity index (χ0v) is 15.7. The topological polar surface area (TPSA) is 99.7 Å². The van der Waals surface area contributed by atoms with Crippen LogP contribution in [-0.2, 0) is 4.74 Å². The predicted octanol–water partition coefficient (Wildman–Crippen LogP) is 4.54. The van der Waals surface area contributed by atoms with E-state index in [1.165, 1.54) is 0 Å². The number of aliphatic imine (C=N–C) groups is 1. The fourth-order valence-electron chi connectivity index (χ4n) is 3.34. The van der Waals surface area contributed by atoms with Crippen LogP contribution >= 0.6 is 0 Å². The van der Waals surface area contributed by atoms with E-state index < -0.39 is 6.16 Å². The van der Waals surface area contributed by atoms with Crippen LogP contribution in [0.5, 0.6) is 5.75 Å². The fourth-order valence-corrected chi connectivity index (χ4v) is 3.34. The van der Waals surface area contributed by atoms with Gasteiger partial charge in [-0.25, -0.2) is 9.79 Å². The van der Waals surface area contributed by atoms with Crippen LogP contribution in [0.4, 0.5) is 4.79 Å². The van der Waals surface area contributed by atoms with Gasteiger partial charge in [0.25, 0.3) is 0 Å². The number of benzene rings is 1. The van der Waals surface area contributed by atoms with Crippen molar-refractivity contribution in [3.63, 3.8) is 0 Å². The number of carbonyl (C=O) groups is 1. The van der Waals surface area contributed by atoms with E-state index in [9.17, 15) is 4.79 Å². The molecule has 0 fully saturated rings. The smallest absolute Gasteiger partial charge is 0.494 e. The van der Waals surface area contributed by atoms with Crippen LogP contribution in [-0.4, -0.2) is 34.1 Å². The summed E-state index contributed by atoms with van der Waals surface area (Å²) in [6, 6.07) is 9.39. The molecule has 0 radical (unpaired) electrons. The zero-order chi connectivity index (χ0) is 19.8. The van der Waals surface area contributed by atoms with Gasteiger partial charge in [-0.05, 0) is 43.7 Å². The van der Waals surface area contributed by atoms with Crippen molar-refractivity contribution < 1.29 is 19.4 Å². The van der Waals surface area contributed by atoms with Gasteiger partial charge in [-0.15, -0.1) is 0 Å². The molecule has 7 nitrogen and oxygen atoms in total. The Hall–Kier alpha value is -3.74. The van der Waals surface area contributed by atoms with Crippen molar-refractivity contribution in [1.82, 2.24) is 9.97 Å². The van der Waals surface area contributed by atoms with Gasteiger partial charge >= 0.3 is 6.16 Å². The Labute approximate surface area is 161 Å². The number of fused-ring (bicyclic) bond motifs is 1. The molecule has 2 aromatic heterocycles. The first-order valence-corrected chi connectivity index (χ1v) is 8.70. The van der Waals surface area contributed by atoms with Gasteiger partial charge in [0.15, 0.2) is 5.75 Å². The number of aromatic amines is 2. The van der Waals surface area contributed by atoms with E-state index in [0.29, 0.717) is 28.2 Å². The van der Waals surface area contributed by atoms with Gasteiger partial charge in [0.2, 0.25) is 0 Å². The summed E-state index contributed by atoms with van der Waals surface area (Å²) < 4.78 is 10.5. The maximum absolute atomic E-state index is 11.2. The van der Waals surface area contributed by atoms with E-state index in [-0.39, 0.29) is 5.75 Å². The number of carboxylic acid groups (broad SMARTS) is 1. The third-order valence-corrected chi connectivity index (χ3v) is 4.56. The molecule has 0 aliphatic carbocycles. The van der Waals surface area contributed by atoms with Crippen LogP contribution in [0, 0.1) is 13.8 Å². The second-order valence-corrected chi connectivity index (χ2v) is 6.53. The standard InChI is InChI=1S/C21H19N3O4/c1-11-8-12(2)22-15(11)9-16-18(27-3)10-17(23-16)19-20(28-21(25)26)13-6-4-5-7-14(13)24-19/h4-10,22,24H,1-3H3,(H,25,26). The van der Waals surface area contributed by atoms with Crippen molar-refractivity contribution in [2.45, 2.75) is 13.8 Å². The Morgan fingerprint density at radius 3 is 2.68 bits per heavy atom. The normalized spacial score (nSPS) is 15.0. The zero-order valence-electron chi connectivity index (χ0n) is 15.7. The molecule has 0 unspecified atom stereocenters. The first kappa shape index (κ1) is 17.7. The van der Waals surface area contributed by atoms with Crippen molar-refractivity contribution in [3.05, 3.63) is 70.5 Å². The first-order valence-electron chi connectivity index (χ1n) is 8.70. The number of para-hydroxylation sites is 1. The van der Waals surface area contributed by atoms with Gasteiger partial charge in [0.1, 0.15) is 17.2 Å². The predicted molar refractivity (Wildman–Crippen MR) is 107 cm³/mol. The lowest BCUT2D eigenvalue weighted by molar-refractivity contribution is 0.145. The Kier molecular flexibility index (Phi) is 4.27. The first-order chi connectivity index (χ1) is 13.5. The molecule has 0 spiro atoms. The van der Waals surface area contributed by atoms with E-state index in [1.54, 1.807) is 19.3 Å². The molecule has 1 aliphatic heterocycles. The van der Waals surface area contributed by atoms with Crippen LogP contribution in [0.3, 0.4) is 0 Å². The Morgan fingerprint density at radius 2 is 2.00 bits per heavy atom. The van der Waals surface area contributed by atoms with Gasteiger partial charge in [-0.2, -0.15) is 0 Å². The van der Waals surface area contributed by atoms with Gasteiger partial charge in [-0.3, -0.25) is 0 Å². The van der Waals surface area contributed by atoms with E-state index in [2.05, 4.69) is 21.0 Å². The summed E-state index contributed by atoms with van der Waals surface area (Å²) in [5.41, 5.74) is 5.53. The molecule has 0 saturated carbocycles. The Balaban J connectivity index is 1.84. The van der Waals surface area contributed by atoms with Gasteiger partial charge in [0, 0.05) is 28.4 Å². The van der Waals surface area contributed by atoms with Gasteiger partial charge in [0.05, 0.1) is 12.8 Å². The molecule has 0 amide bonds. The van der Waals surface area contributed by atoms with E-state index in [0.717, 1.165) is 22.5 Å².